The van der Waals surface area contributed by atoms with Crippen LogP contribution in [0.5, 0.6) is 0 Å². The highest BCUT2D eigenvalue weighted by Crippen LogP contribution is 2.23. The van der Waals surface area contributed by atoms with Crippen LogP contribution in [0.25, 0.3) is 0 Å². The smallest absolute Gasteiger partial charge is 0.254 e. The van der Waals surface area contributed by atoms with Crippen LogP contribution in [-0.2, 0) is 19.7 Å². The molecule has 2 aliphatic rings. The Hall–Kier alpha value is -1.94. The van der Waals surface area contributed by atoms with Crippen LogP contribution in [0.15, 0.2) is 24.3 Å². The third kappa shape index (κ3) is 4.22. The molecule has 154 valence electrons. The van der Waals surface area contributed by atoms with Crippen LogP contribution in [0.3, 0.4) is 0 Å². The number of nitrogens with zero attached hydrogens (tertiary/aromatic N) is 2. The average molecular weight is 429 g/mol. The summed E-state index contributed by atoms with van der Waals surface area (Å²) in [6.07, 6.45) is 0.751. The normalized spacial score (nSPS) is 25.4. The Labute approximate surface area is 165 Å². The first kappa shape index (κ1) is 20.8. The van der Waals surface area contributed by atoms with Gasteiger partial charge in [-0.25, -0.2) is 16.8 Å². The third-order valence-corrected chi connectivity index (χ3v) is 9.04. The average Bonchev–Trinajstić information content (AvgIpc) is 3.20. The van der Waals surface area contributed by atoms with Crippen LogP contribution in [0.4, 0.5) is 0 Å². The molecule has 1 aromatic carbocycles. The van der Waals surface area contributed by atoms with Gasteiger partial charge in [0.15, 0.2) is 19.7 Å². The van der Waals surface area contributed by atoms with E-state index in [4.69, 9.17) is 0 Å². The zero-order chi connectivity index (χ0) is 20.7. The van der Waals surface area contributed by atoms with E-state index in [0.29, 0.717) is 12.8 Å². The molecule has 2 aliphatic heterocycles. The van der Waals surface area contributed by atoms with Crippen molar-refractivity contribution in [3.8, 4) is 0 Å². The fourth-order valence-corrected chi connectivity index (χ4v) is 7.28. The number of carbonyl (C=O) groups excluding carboxylic acids is 2. The lowest BCUT2D eigenvalue weighted by molar-refractivity contribution is 0.0708. The first-order chi connectivity index (χ1) is 13.0. The molecular weight excluding hydrogens is 404 g/mol. The first-order valence-corrected chi connectivity index (χ1v) is 12.7. The summed E-state index contributed by atoms with van der Waals surface area (Å²) in [5.74, 6) is -0.892. The zero-order valence-electron chi connectivity index (χ0n) is 15.9. The molecule has 2 fully saturated rings. The third-order valence-electron chi connectivity index (χ3n) is 5.54. The van der Waals surface area contributed by atoms with Crippen molar-refractivity contribution in [1.82, 2.24) is 9.80 Å². The van der Waals surface area contributed by atoms with E-state index in [0.717, 1.165) is 0 Å². The number of hydrogen-bond donors (Lipinski definition) is 0. The lowest BCUT2D eigenvalue weighted by Gasteiger charge is -2.27. The monoisotopic (exact) mass is 428 g/mol. The summed E-state index contributed by atoms with van der Waals surface area (Å²) in [5, 5.41) is 0. The van der Waals surface area contributed by atoms with Crippen molar-refractivity contribution in [2.45, 2.75) is 24.9 Å². The number of benzene rings is 1. The number of sulfone groups is 2. The Morgan fingerprint density at radius 1 is 0.786 bits per heavy atom. The SMILES string of the molecule is CN(C(=O)c1ccccc1C(=O)N(C)[C@H]1CCS(=O)(=O)C1)[C@H]1CCS(=O)(=O)C1. The second-order valence-corrected chi connectivity index (χ2v) is 11.9. The van der Waals surface area contributed by atoms with E-state index < -0.39 is 43.6 Å². The Balaban J connectivity index is 1.82. The zero-order valence-corrected chi connectivity index (χ0v) is 17.5. The molecule has 8 nitrogen and oxygen atoms in total. The van der Waals surface area contributed by atoms with Gasteiger partial charge < -0.3 is 9.80 Å². The van der Waals surface area contributed by atoms with Gasteiger partial charge in [0.1, 0.15) is 0 Å². The standard InChI is InChI=1S/C18H24N2O6S2/c1-19(13-7-9-27(23,24)11-13)17(21)15-5-3-4-6-16(15)18(22)20(2)14-8-10-28(25,26)12-14/h3-6,13-14H,7-12H2,1-2H3/t13-,14-/m0/s1. The maximum Gasteiger partial charge on any atom is 0.254 e. The minimum Gasteiger partial charge on any atom is -0.338 e. The van der Waals surface area contributed by atoms with Gasteiger partial charge in [-0.2, -0.15) is 0 Å². The molecule has 0 N–H and O–H groups in total. The number of rotatable bonds is 4. The van der Waals surface area contributed by atoms with Crippen LogP contribution in [0, 0.1) is 0 Å². The van der Waals surface area contributed by atoms with Crippen molar-refractivity contribution in [2.75, 3.05) is 37.1 Å². The Morgan fingerprint density at radius 3 is 1.43 bits per heavy atom. The van der Waals surface area contributed by atoms with Crippen molar-refractivity contribution in [3.63, 3.8) is 0 Å². The molecule has 0 aromatic heterocycles. The van der Waals surface area contributed by atoms with E-state index in [1.807, 2.05) is 0 Å². The molecule has 1 aromatic rings. The molecule has 0 unspecified atom stereocenters. The first-order valence-electron chi connectivity index (χ1n) is 9.05. The molecule has 0 aliphatic carbocycles. The number of hydrogen-bond acceptors (Lipinski definition) is 6. The quantitative estimate of drug-likeness (QED) is 0.678. The molecule has 0 bridgehead atoms. The van der Waals surface area contributed by atoms with E-state index in [-0.39, 0.29) is 34.1 Å². The van der Waals surface area contributed by atoms with E-state index in [1.54, 1.807) is 26.2 Å². The van der Waals surface area contributed by atoms with Gasteiger partial charge in [-0.3, -0.25) is 9.59 Å². The van der Waals surface area contributed by atoms with E-state index in [9.17, 15) is 26.4 Å². The Kier molecular flexibility index (Phi) is 5.55. The van der Waals surface area contributed by atoms with Crippen molar-refractivity contribution in [2.24, 2.45) is 0 Å². The van der Waals surface area contributed by atoms with Gasteiger partial charge in [-0.05, 0) is 25.0 Å². The van der Waals surface area contributed by atoms with Gasteiger partial charge in [0.05, 0.1) is 34.1 Å². The summed E-state index contributed by atoms with van der Waals surface area (Å²) < 4.78 is 46.9. The predicted octanol–water partition coefficient (Wildman–Crippen LogP) is 0.205. The van der Waals surface area contributed by atoms with E-state index >= 15 is 0 Å². The molecule has 28 heavy (non-hydrogen) atoms. The molecule has 2 amide bonds. The van der Waals surface area contributed by atoms with Crippen LogP contribution >= 0.6 is 0 Å². The molecule has 2 heterocycles. The highest BCUT2D eigenvalue weighted by Gasteiger charge is 2.36. The molecule has 2 atom stereocenters. The number of carbonyl (C=O) groups is 2. The largest absolute Gasteiger partial charge is 0.338 e. The van der Waals surface area contributed by atoms with Crippen LogP contribution in [0.1, 0.15) is 33.6 Å². The summed E-state index contributed by atoms with van der Waals surface area (Å²) in [4.78, 5) is 28.7. The predicted molar refractivity (Wildman–Crippen MR) is 105 cm³/mol. The fourth-order valence-electron chi connectivity index (χ4n) is 3.73. The summed E-state index contributed by atoms with van der Waals surface area (Å²) in [6, 6.07) is 5.52. The minimum atomic E-state index is -3.14. The summed E-state index contributed by atoms with van der Waals surface area (Å²) in [7, 11) is -3.20. The van der Waals surface area contributed by atoms with Crippen molar-refractivity contribution in [3.05, 3.63) is 35.4 Å². The lowest BCUT2D eigenvalue weighted by atomic mass is 10.0. The topological polar surface area (TPSA) is 109 Å². The maximum atomic E-state index is 13.0. The molecule has 3 rings (SSSR count). The molecule has 2 saturated heterocycles. The molecule has 0 radical (unpaired) electrons. The van der Waals surface area contributed by atoms with Gasteiger partial charge in [-0.15, -0.1) is 0 Å². The Bertz CT molecular complexity index is 922. The maximum absolute atomic E-state index is 13.0. The van der Waals surface area contributed by atoms with Crippen LogP contribution in [-0.4, -0.2) is 87.6 Å². The molecule has 10 heteroatoms. The summed E-state index contributed by atoms with van der Waals surface area (Å²) in [5.41, 5.74) is 0.374. The lowest BCUT2D eigenvalue weighted by Crippen LogP contribution is -2.41. The van der Waals surface area contributed by atoms with Gasteiger partial charge >= 0.3 is 0 Å². The summed E-state index contributed by atoms with van der Waals surface area (Å²) >= 11 is 0. The van der Waals surface area contributed by atoms with Crippen LogP contribution in [0.2, 0.25) is 0 Å². The second kappa shape index (κ2) is 7.47. The Morgan fingerprint density at radius 2 is 1.14 bits per heavy atom. The van der Waals surface area contributed by atoms with E-state index in [2.05, 4.69) is 0 Å². The van der Waals surface area contributed by atoms with Gasteiger partial charge in [0.25, 0.3) is 11.8 Å². The highest BCUT2D eigenvalue weighted by atomic mass is 32.2. The molecule has 0 saturated carbocycles. The van der Waals surface area contributed by atoms with Gasteiger partial charge in [0, 0.05) is 26.2 Å². The highest BCUT2D eigenvalue weighted by molar-refractivity contribution is 7.91. The summed E-state index contributed by atoms with van der Waals surface area (Å²) in [6.45, 7) is 0. The van der Waals surface area contributed by atoms with Crippen molar-refractivity contribution < 1.29 is 26.4 Å². The molecule has 0 spiro atoms. The van der Waals surface area contributed by atoms with Crippen molar-refractivity contribution >= 4 is 31.5 Å². The van der Waals surface area contributed by atoms with Crippen LogP contribution < -0.4 is 0 Å². The second-order valence-electron chi connectivity index (χ2n) is 7.49. The number of amides is 2. The van der Waals surface area contributed by atoms with Crippen molar-refractivity contribution in [1.29, 1.82) is 0 Å². The molecular formula is C18H24N2O6S2. The van der Waals surface area contributed by atoms with E-state index in [1.165, 1.54) is 21.9 Å². The minimum absolute atomic E-state index is 0.0504. The van der Waals surface area contributed by atoms with Gasteiger partial charge in [-0.1, -0.05) is 12.1 Å². The van der Waals surface area contributed by atoms with Gasteiger partial charge in [0.2, 0.25) is 0 Å². The fraction of sp³-hybridized carbons (Fsp3) is 0.556.